The van der Waals surface area contributed by atoms with Gasteiger partial charge in [0, 0.05) is 24.5 Å². The van der Waals surface area contributed by atoms with Crippen LogP contribution in [0.25, 0.3) is 11.1 Å². The second-order valence-corrected chi connectivity index (χ2v) is 3.39. The number of nitrogens with two attached hydrogens (primary N) is 2. The van der Waals surface area contributed by atoms with Gasteiger partial charge in [0.1, 0.15) is 5.82 Å². The van der Waals surface area contributed by atoms with Gasteiger partial charge in [0.25, 0.3) is 0 Å². The van der Waals surface area contributed by atoms with E-state index in [0.29, 0.717) is 0 Å². The molecule has 0 unspecified atom stereocenters. The lowest BCUT2D eigenvalue weighted by Gasteiger charge is -1.97. The van der Waals surface area contributed by atoms with Crippen LogP contribution in [0.2, 0.25) is 0 Å². The van der Waals surface area contributed by atoms with E-state index in [-0.39, 0.29) is 0 Å². The van der Waals surface area contributed by atoms with E-state index in [1.165, 1.54) is 0 Å². The average molecular weight is 187 g/mol. The SMILES string of the molecule is Cn1cc(-c2ccc(N)cc2)cc1N. The molecule has 0 spiro atoms. The molecule has 1 aromatic carbocycles. The van der Waals surface area contributed by atoms with Crippen LogP contribution in [0.4, 0.5) is 11.5 Å². The van der Waals surface area contributed by atoms with Crippen LogP contribution in [-0.2, 0) is 7.05 Å². The van der Waals surface area contributed by atoms with E-state index in [9.17, 15) is 0 Å². The normalized spacial score (nSPS) is 10.4. The van der Waals surface area contributed by atoms with Gasteiger partial charge >= 0.3 is 0 Å². The molecule has 2 rings (SSSR count). The van der Waals surface area contributed by atoms with E-state index in [2.05, 4.69) is 0 Å². The van der Waals surface area contributed by atoms with Crippen LogP contribution in [0.5, 0.6) is 0 Å². The predicted octanol–water partition coefficient (Wildman–Crippen LogP) is 1.86. The molecular formula is C11H13N3. The van der Waals surface area contributed by atoms with Gasteiger partial charge in [-0.15, -0.1) is 0 Å². The molecule has 0 aliphatic carbocycles. The number of anilines is 2. The number of hydrogen-bond acceptors (Lipinski definition) is 2. The summed E-state index contributed by atoms with van der Waals surface area (Å²) in [5, 5.41) is 0. The molecule has 2 aromatic rings. The zero-order chi connectivity index (χ0) is 10.1. The fraction of sp³-hybridized carbons (Fsp3) is 0.0909. The quantitative estimate of drug-likeness (QED) is 0.669. The second kappa shape index (κ2) is 3.10. The summed E-state index contributed by atoms with van der Waals surface area (Å²) >= 11 is 0. The van der Waals surface area contributed by atoms with Crippen molar-refractivity contribution in [1.82, 2.24) is 4.57 Å². The third-order valence-corrected chi connectivity index (χ3v) is 2.29. The fourth-order valence-corrected chi connectivity index (χ4v) is 1.42. The van der Waals surface area contributed by atoms with Gasteiger partial charge in [0.2, 0.25) is 0 Å². The Bertz CT molecular complexity index is 421. The summed E-state index contributed by atoms with van der Waals surface area (Å²) in [6.45, 7) is 0. The van der Waals surface area contributed by atoms with Gasteiger partial charge in [0.15, 0.2) is 0 Å². The number of aromatic nitrogens is 1. The highest BCUT2D eigenvalue weighted by molar-refractivity contribution is 5.68. The van der Waals surface area contributed by atoms with E-state index in [4.69, 9.17) is 11.5 Å². The van der Waals surface area contributed by atoms with E-state index in [1.807, 2.05) is 48.1 Å². The maximum atomic E-state index is 5.75. The summed E-state index contributed by atoms with van der Waals surface area (Å²) in [5.41, 5.74) is 14.4. The lowest BCUT2D eigenvalue weighted by Crippen LogP contribution is -1.92. The number of benzene rings is 1. The van der Waals surface area contributed by atoms with Crippen LogP contribution in [0.1, 0.15) is 0 Å². The summed E-state index contributed by atoms with van der Waals surface area (Å²) in [4.78, 5) is 0. The van der Waals surface area contributed by atoms with Gasteiger partial charge in [-0.1, -0.05) is 12.1 Å². The highest BCUT2D eigenvalue weighted by atomic mass is 15.0. The Hall–Kier alpha value is -1.90. The van der Waals surface area contributed by atoms with Gasteiger partial charge in [-0.2, -0.15) is 0 Å². The first-order valence-electron chi connectivity index (χ1n) is 4.44. The number of aryl methyl sites for hydroxylation is 1. The van der Waals surface area contributed by atoms with Crippen LogP contribution in [0, 0.1) is 0 Å². The van der Waals surface area contributed by atoms with Crippen molar-refractivity contribution in [3.63, 3.8) is 0 Å². The molecule has 0 atom stereocenters. The lowest BCUT2D eigenvalue weighted by atomic mass is 10.1. The molecule has 3 nitrogen and oxygen atoms in total. The first kappa shape index (κ1) is 8.69. The summed E-state index contributed by atoms with van der Waals surface area (Å²) in [5.74, 6) is 0.761. The van der Waals surface area contributed by atoms with Crippen molar-refractivity contribution in [2.45, 2.75) is 0 Å². The van der Waals surface area contributed by atoms with Crippen molar-refractivity contribution in [1.29, 1.82) is 0 Å². The molecule has 0 fully saturated rings. The highest BCUT2D eigenvalue weighted by Crippen LogP contribution is 2.23. The number of nitrogen functional groups attached to an aromatic ring is 2. The molecule has 72 valence electrons. The Morgan fingerprint density at radius 2 is 1.64 bits per heavy atom. The van der Waals surface area contributed by atoms with Crippen molar-refractivity contribution in [2.24, 2.45) is 7.05 Å². The molecule has 3 heteroatoms. The molecule has 0 radical (unpaired) electrons. The Balaban J connectivity index is 2.44. The summed E-state index contributed by atoms with van der Waals surface area (Å²) in [7, 11) is 1.93. The van der Waals surface area contributed by atoms with Crippen molar-refractivity contribution >= 4 is 11.5 Å². The predicted molar refractivity (Wildman–Crippen MR) is 59.7 cm³/mol. The molecule has 0 saturated carbocycles. The zero-order valence-corrected chi connectivity index (χ0v) is 8.07. The van der Waals surface area contributed by atoms with Gasteiger partial charge in [-0.05, 0) is 23.8 Å². The van der Waals surface area contributed by atoms with Crippen LogP contribution >= 0.6 is 0 Å². The molecule has 1 heterocycles. The molecule has 4 N–H and O–H groups in total. The Labute approximate surface area is 83.0 Å². The Kier molecular flexibility index (Phi) is 1.93. The van der Waals surface area contributed by atoms with Gasteiger partial charge in [-0.3, -0.25) is 0 Å². The van der Waals surface area contributed by atoms with E-state index in [1.54, 1.807) is 0 Å². The maximum absolute atomic E-state index is 5.75. The van der Waals surface area contributed by atoms with Crippen molar-refractivity contribution < 1.29 is 0 Å². The van der Waals surface area contributed by atoms with Crippen LogP contribution in [0.15, 0.2) is 36.5 Å². The van der Waals surface area contributed by atoms with Crippen molar-refractivity contribution in [2.75, 3.05) is 11.5 Å². The average Bonchev–Trinajstić information content (AvgIpc) is 2.48. The summed E-state index contributed by atoms with van der Waals surface area (Å²) < 4.78 is 1.89. The standard InChI is InChI=1S/C11H13N3/c1-14-7-9(6-11(14)13)8-2-4-10(12)5-3-8/h2-7H,12-13H2,1H3. The Morgan fingerprint density at radius 1 is 1.00 bits per heavy atom. The molecule has 0 bridgehead atoms. The second-order valence-electron chi connectivity index (χ2n) is 3.39. The monoisotopic (exact) mass is 187 g/mol. The molecule has 0 amide bonds. The topological polar surface area (TPSA) is 57.0 Å². The third-order valence-electron chi connectivity index (χ3n) is 2.29. The van der Waals surface area contributed by atoms with Gasteiger partial charge in [-0.25, -0.2) is 0 Å². The van der Waals surface area contributed by atoms with Gasteiger partial charge in [0.05, 0.1) is 0 Å². The number of nitrogens with zero attached hydrogens (tertiary/aromatic N) is 1. The van der Waals surface area contributed by atoms with E-state index >= 15 is 0 Å². The van der Waals surface area contributed by atoms with Crippen LogP contribution in [0.3, 0.4) is 0 Å². The smallest absolute Gasteiger partial charge is 0.103 e. The largest absolute Gasteiger partial charge is 0.399 e. The molecule has 1 aromatic heterocycles. The number of rotatable bonds is 1. The number of hydrogen-bond donors (Lipinski definition) is 2. The van der Waals surface area contributed by atoms with Crippen LogP contribution in [-0.4, -0.2) is 4.57 Å². The first-order chi connectivity index (χ1) is 6.66. The highest BCUT2D eigenvalue weighted by Gasteiger charge is 2.01. The minimum atomic E-state index is 0.761. The lowest BCUT2D eigenvalue weighted by molar-refractivity contribution is 0.942. The van der Waals surface area contributed by atoms with Crippen LogP contribution < -0.4 is 11.5 Å². The first-order valence-corrected chi connectivity index (χ1v) is 4.44. The molecule has 0 aliphatic heterocycles. The molecule has 0 aliphatic rings. The zero-order valence-electron chi connectivity index (χ0n) is 8.07. The molecule has 0 saturated heterocycles. The van der Waals surface area contributed by atoms with E-state index in [0.717, 1.165) is 22.6 Å². The molecule has 14 heavy (non-hydrogen) atoms. The third kappa shape index (κ3) is 1.44. The maximum Gasteiger partial charge on any atom is 0.103 e. The van der Waals surface area contributed by atoms with Crippen molar-refractivity contribution in [3.05, 3.63) is 36.5 Å². The minimum Gasteiger partial charge on any atom is -0.399 e. The minimum absolute atomic E-state index is 0.761. The van der Waals surface area contributed by atoms with Crippen molar-refractivity contribution in [3.8, 4) is 11.1 Å². The summed E-state index contributed by atoms with van der Waals surface area (Å²) in [6.07, 6.45) is 2.00. The summed E-state index contributed by atoms with van der Waals surface area (Å²) in [6, 6.07) is 9.71. The van der Waals surface area contributed by atoms with Gasteiger partial charge < -0.3 is 16.0 Å². The fourth-order valence-electron chi connectivity index (χ4n) is 1.42. The van der Waals surface area contributed by atoms with E-state index < -0.39 is 0 Å². The molecular weight excluding hydrogens is 174 g/mol. The Morgan fingerprint density at radius 3 is 2.14 bits per heavy atom.